The zero-order valence-electron chi connectivity index (χ0n) is 9.81. The fourth-order valence-electron chi connectivity index (χ4n) is 0.833. The van der Waals surface area contributed by atoms with E-state index in [9.17, 15) is 4.79 Å². The van der Waals surface area contributed by atoms with Gasteiger partial charge in [-0.2, -0.15) is 0 Å². The van der Waals surface area contributed by atoms with Crippen LogP contribution >= 0.6 is 0 Å². The Morgan fingerprint density at radius 3 is 2.56 bits per heavy atom. The molecule has 1 unspecified atom stereocenters. The van der Waals surface area contributed by atoms with Crippen molar-refractivity contribution in [2.75, 3.05) is 33.0 Å². The Labute approximate surface area is 96.5 Å². The summed E-state index contributed by atoms with van der Waals surface area (Å²) in [6.45, 7) is 7.41. The molecule has 0 aliphatic rings. The minimum atomic E-state index is -0.436. The van der Waals surface area contributed by atoms with Crippen molar-refractivity contribution in [3.8, 4) is 0 Å². The molecule has 0 spiro atoms. The fraction of sp³-hybridized carbons (Fsp3) is 0.727. The van der Waals surface area contributed by atoms with Crippen LogP contribution in [0.15, 0.2) is 12.7 Å². The second kappa shape index (κ2) is 10.6. The van der Waals surface area contributed by atoms with Gasteiger partial charge in [0.05, 0.1) is 26.4 Å². The van der Waals surface area contributed by atoms with Crippen molar-refractivity contribution in [2.45, 2.75) is 19.4 Å². The minimum absolute atomic E-state index is 0.0912. The maximum Gasteiger partial charge on any atom is 0.330 e. The Morgan fingerprint density at radius 1 is 1.31 bits per heavy atom. The molecule has 0 saturated carbocycles. The van der Waals surface area contributed by atoms with Crippen LogP contribution in [0.1, 0.15) is 13.3 Å². The lowest BCUT2D eigenvalue weighted by molar-refractivity contribution is -0.139. The predicted molar refractivity (Wildman–Crippen MR) is 61.1 cm³/mol. The van der Waals surface area contributed by atoms with Gasteiger partial charge in [-0.3, -0.25) is 0 Å². The summed E-state index contributed by atoms with van der Waals surface area (Å²) in [5.74, 6) is -0.436. The van der Waals surface area contributed by atoms with Gasteiger partial charge in [0, 0.05) is 12.1 Å². The maximum atomic E-state index is 10.6. The van der Waals surface area contributed by atoms with Gasteiger partial charge < -0.3 is 19.9 Å². The fourth-order valence-corrected chi connectivity index (χ4v) is 0.833. The predicted octanol–water partition coefficient (Wildman–Crippen LogP) is 0.486. The first-order chi connectivity index (χ1) is 7.70. The van der Waals surface area contributed by atoms with E-state index in [2.05, 4.69) is 6.58 Å². The monoisotopic (exact) mass is 231 g/mol. The minimum Gasteiger partial charge on any atom is -0.460 e. The smallest absolute Gasteiger partial charge is 0.330 e. The van der Waals surface area contributed by atoms with Gasteiger partial charge in [-0.1, -0.05) is 13.5 Å². The highest BCUT2D eigenvalue weighted by molar-refractivity contribution is 5.81. The number of carbonyl (C=O) groups is 1. The molecule has 0 heterocycles. The van der Waals surface area contributed by atoms with Crippen molar-refractivity contribution in [1.29, 1.82) is 0 Å². The van der Waals surface area contributed by atoms with Crippen molar-refractivity contribution in [3.05, 3.63) is 12.7 Å². The summed E-state index contributed by atoms with van der Waals surface area (Å²) in [4.78, 5) is 10.6. The topological polar surface area (TPSA) is 70.8 Å². The normalized spacial score (nSPS) is 12.1. The van der Waals surface area contributed by atoms with Gasteiger partial charge in [0.2, 0.25) is 0 Å². The molecule has 0 amide bonds. The van der Waals surface area contributed by atoms with Crippen LogP contribution in [-0.2, 0) is 19.0 Å². The SMILES string of the molecule is C=CC(=O)OCCOCCOCC(N)CC. The Kier molecular flexibility index (Phi) is 10.00. The zero-order chi connectivity index (χ0) is 12.2. The molecule has 0 radical (unpaired) electrons. The molecule has 0 saturated heterocycles. The molecule has 0 aliphatic heterocycles. The molecule has 0 aromatic rings. The van der Waals surface area contributed by atoms with Crippen molar-refractivity contribution in [1.82, 2.24) is 0 Å². The molecule has 0 fully saturated rings. The highest BCUT2D eigenvalue weighted by Crippen LogP contribution is 1.88. The first-order valence-corrected chi connectivity index (χ1v) is 5.41. The molecule has 94 valence electrons. The summed E-state index contributed by atoms with van der Waals surface area (Å²) in [6, 6.07) is 0.0912. The van der Waals surface area contributed by atoms with Crippen LogP contribution in [0.3, 0.4) is 0 Å². The van der Waals surface area contributed by atoms with Gasteiger partial charge in [0.1, 0.15) is 6.61 Å². The third-order valence-electron chi connectivity index (χ3n) is 1.87. The van der Waals surface area contributed by atoms with Crippen LogP contribution in [0.2, 0.25) is 0 Å². The number of nitrogens with two attached hydrogens (primary N) is 1. The molecular weight excluding hydrogens is 210 g/mol. The lowest BCUT2D eigenvalue weighted by Gasteiger charge is -2.09. The highest BCUT2D eigenvalue weighted by Gasteiger charge is 1.98. The number of hydrogen-bond donors (Lipinski definition) is 1. The molecule has 0 rings (SSSR count). The van der Waals surface area contributed by atoms with E-state index in [0.29, 0.717) is 26.4 Å². The van der Waals surface area contributed by atoms with Crippen LogP contribution in [0, 0.1) is 0 Å². The molecule has 1 atom stereocenters. The number of carbonyl (C=O) groups excluding carboxylic acids is 1. The van der Waals surface area contributed by atoms with E-state index >= 15 is 0 Å². The van der Waals surface area contributed by atoms with E-state index in [1.165, 1.54) is 0 Å². The van der Waals surface area contributed by atoms with Gasteiger partial charge in [-0.15, -0.1) is 0 Å². The van der Waals surface area contributed by atoms with Gasteiger partial charge in [0.25, 0.3) is 0 Å². The van der Waals surface area contributed by atoms with E-state index in [1.807, 2.05) is 6.92 Å². The average molecular weight is 231 g/mol. The van der Waals surface area contributed by atoms with Crippen molar-refractivity contribution >= 4 is 5.97 Å². The van der Waals surface area contributed by atoms with Gasteiger partial charge in [-0.25, -0.2) is 4.79 Å². The maximum absolute atomic E-state index is 10.6. The van der Waals surface area contributed by atoms with Crippen molar-refractivity contribution < 1.29 is 19.0 Å². The number of esters is 1. The summed E-state index contributed by atoms with van der Waals surface area (Å²) in [5, 5.41) is 0. The number of hydrogen-bond acceptors (Lipinski definition) is 5. The zero-order valence-corrected chi connectivity index (χ0v) is 9.81. The summed E-state index contributed by atoms with van der Waals surface area (Å²) < 4.78 is 15.1. The lowest BCUT2D eigenvalue weighted by atomic mass is 10.3. The average Bonchev–Trinajstić information content (AvgIpc) is 2.31. The van der Waals surface area contributed by atoms with Gasteiger partial charge in [-0.05, 0) is 6.42 Å². The van der Waals surface area contributed by atoms with Gasteiger partial charge >= 0.3 is 5.97 Å². The highest BCUT2D eigenvalue weighted by atomic mass is 16.6. The number of ether oxygens (including phenoxy) is 3. The molecule has 0 aromatic heterocycles. The third-order valence-corrected chi connectivity index (χ3v) is 1.87. The summed E-state index contributed by atoms with van der Waals surface area (Å²) in [5.41, 5.74) is 5.65. The summed E-state index contributed by atoms with van der Waals surface area (Å²) in [6.07, 6.45) is 2.02. The van der Waals surface area contributed by atoms with Crippen molar-refractivity contribution in [3.63, 3.8) is 0 Å². The Morgan fingerprint density at radius 2 is 1.94 bits per heavy atom. The molecule has 5 heteroatoms. The lowest BCUT2D eigenvalue weighted by Crippen LogP contribution is -2.26. The van der Waals surface area contributed by atoms with E-state index in [4.69, 9.17) is 19.9 Å². The number of rotatable bonds is 10. The Balaban J connectivity index is 3.10. The van der Waals surface area contributed by atoms with E-state index < -0.39 is 5.97 Å². The molecule has 2 N–H and O–H groups in total. The van der Waals surface area contributed by atoms with E-state index in [-0.39, 0.29) is 12.6 Å². The molecule has 0 bridgehead atoms. The van der Waals surface area contributed by atoms with Crippen molar-refractivity contribution in [2.24, 2.45) is 5.73 Å². The molecule has 0 aromatic carbocycles. The second-order valence-corrected chi connectivity index (χ2v) is 3.23. The van der Waals surface area contributed by atoms with Crippen LogP contribution in [0.5, 0.6) is 0 Å². The van der Waals surface area contributed by atoms with Crippen LogP contribution in [0.4, 0.5) is 0 Å². The second-order valence-electron chi connectivity index (χ2n) is 3.23. The summed E-state index contributed by atoms with van der Waals surface area (Å²) in [7, 11) is 0. The largest absolute Gasteiger partial charge is 0.460 e. The quantitative estimate of drug-likeness (QED) is 0.336. The Bertz CT molecular complexity index is 196. The molecule has 5 nitrogen and oxygen atoms in total. The van der Waals surface area contributed by atoms with Crippen LogP contribution < -0.4 is 5.73 Å². The third kappa shape index (κ3) is 9.64. The van der Waals surface area contributed by atoms with E-state index in [0.717, 1.165) is 12.5 Å². The van der Waals surface area contributed by atoms with E-state index in [1.54, 1.807) is 0 Å². The van der Waals surface area contributed by atoms with Gasteiger partial charge in [0.15, 0.2) is 0 Å². The first-order valence-electron chi connectivity index (χ1n) is 5.41. The Hall–Kier alpha value is -0.910. The summed E-state index contributed by atoms with van der Waals surface area (Å²) >= 11 is 0. The van der Waals surface area contributed by atoms with Crippen LogP contribution in [0.25, 0.3) is 0 Å². The van der Waals surface area contributed by atoms with Crippen LogP contribution in [-0.4, -0.2) is 45.0 Å². The molecule has 0 aliphatic carbocycles. The molecular formula is C11H21NO4. The standard InChI is InChI=1S/C11H21NO4/c1-3-10(12)9-15-6-5-14-7-8-16-11(13)4-2/h4,10H,2-3,5-9,12H2,1H3. The molecule has 16 heavy (non-hydrogen) atoms. The first kappa shape index (κ1) is 15.1.